The van der Waals surface area contributed by atoms with Gasteiger partial charge in [-0.25, -0.2) is 4.79 Å². The number of hydrogen-bond acceptors (Lipinski definition) is 4. The van der Waals surface area contributed by atoms with Crippen molar-refractivity contribution in [3.8, 4) is 11.1 Å². The molecule has 3 N–H and O–H groups in total. The fourth-order valence-electron chi connectivity index (χ4n) is 4.80. The second kappa shape index (κ2) is 9.85. The predicted molar refractivity (Wildman–Crippen MR) is 119 cm³/mol. The fourth-order valence-corrected chi connectivity index (χ4v) is 4.80. The van der Waals surface area contributed by atoms with Crippen molar-refractivity contribution in [2.45, 2.75) is 44.1 Å². The summed E-state index contributed by atoms with van der Waals surface area (Å²) >= 11 is 0. The van der Waals surface area contributed by atoms with Crippen molar-refractivity contribution in [3.63, 3.8) is 0 Å². The van der Waals surface area contributed by atoms with Crippen LogP contribution in [0.15, 0.2) is 48.5 Å². The fraction of sp³-hybridized carbons (Fsp3) is 0.400. The molecular weight excluding hydrogens is 408 g/mol. The first-order chi connectivity index (χ1) is 15.5. The highest BCUT2D eigenvalue weighted by Crippen LogP contribution is 2.44. The minimum Gasteiger partial charge on any atom is -0.481 e. The molecule has 168 valence electrons. The Morgan fingerprint density at radius 2 is 1.62 bits per heavy atom. The van der Waals surface area contributed by atoms with Crippen LogP contribution in [-0.4, -0.2) is 42.3 Å². The van der Waals surface area contributed by atoms with Gasteiger partial charge in [-0.1, -0.05) is 55.0 Å². The summed E-state index contributed by atoms with van der Waals surface area (Å²) in [7, 11) is 0. The van der Waals surface area contributed by atoms with Gasteiger partial charge in [-0.15, -0.1) is 0 Å². The van der Waals surface area contributed by atoms with Crippen molar-refractivity contribution in [1.82, 2.24) is 10.6 Å². The first-order valence-corrected chi connectivity index (χ1v) is 11.1. The number of alkyl carbamates (subject to hydrolysis) is 1. The summed E-state index contributed by atoms with van der Waals surface area (Å²) in [4.78, 5) is 35.4. The highest BCUT2D eigenvalue weighted by atomic mass is 16.5. The molecular formula is C25H28N2O5. The van der Waals surface area contributed by atoms with E-state index in [2.05, 4.69) is 34.9 Å². The summed E-state index contributed by atoms with van der Waals surface area (Å²) in [5, 5.41) is 14.3. The SMILES string of the molecule is O=C(O)CCNC(=O)C1CCCC(NC(=O)OCC2c3ccccc3-c3ccccc32)C1. The maximum atomic E-state index is 12.5. The highest BCUT2D eigenvalue weighted by molar-refractivity contribution is 5.80. The van der Waals surface area contributed by atoms with E-state index in [0.29, 0.717) is 6.42 Å². The lowest BCUT2D eigenvalue weighted by Gasteiger charge is -2.29. The maximum absolute atomic E-state index is 12.5. The monoisotopic (exact) mass is 436 g/mol. The number of rotatable bonds is 7. The molecule has 2 aromatic carbocycles. The third-order valence-electron chi connectivity index (χ3n) is 6.35. The van der Waals surface area contributed by atoms with Crippen LogP contribution in [-0.2, 0) is 14.3 Å². The van der Waals surface area contributed by atoms with E-state index in [9.17, 15) is 14.4 Å². The zero-order valence-corrected chi connectivity index (χ0v) is 17.9. The van der Waals surface area contributed by atoms with Crippen LogP contribution in [0.5, 0.6) is 0 Å². The van der Waals surface area contributed by atoms with Crippen molar-refractivity contribution in [2.75, 3.05) is 13.2 Å². The van der Waals surface area contributed by atoms with E-state index in [-0.39, 0.29) is 43.4 Å². The Balaban J connectivity index is 1.30. The van der Waals surface area contributed by atoms with Crippen LogP contribution in [0.4, 0.5) is 4.79 Å². The molecule has 32 heavy (non-hydrogen) atoms. The van der Waals surface area contributed by atoms with Crippen molar-refractivity contribution in [2.24, 2.45) is 5.92 Å². The molecule has 0 aliphatic heterocycles. The Morgan fingerprint density at radius 1 is 0.969 bits per heavy atom. The van der Waals surface area contributed by atoms with Crippen LogP contribution in [0.25, 0.3) is 11.1 Å². The first-order valence-electron chi connectivity index (χ1n) is 11.1. The lowest BCUT2D eigenvalue weighted by molar-refractivity contribution is -0.137. The molecule has 2 amide bonds. The zero-order chi connectivity index (χ0) is 22.5. The molecule has 2 aliphatic rings. The number of carboxylic acids is 1. The lowest BCUT2D eigenvalue weighted by atomic mass is 9.85. The van der Waals surface area contributed by atoms with Gasteiger partial charge in [0.05, 0.1) is 6.42 Å². The third kappa shape index (κ3) is 4.93. The number of amides is 2. The summed E-state index contributed by atoms with van der Waals surface area (Å²) in [6.45, 7) is 0.376. The van der Waals surface area contributed by atoms with Gasteiger partial charge in [0.25, 0.3) is 0 Å². The second-order valence-electron chi connectivity index (χ2n) is 8.47. The van der Waals surface area contributed by atoms with Crippen LogP contribution in [0, 0.1) is 5.92 Å². The van der Waals surface area contributed by atoms with Crippen LogP contribution in [0.3, 0.4) is 0 Å². The van der Waals surface area contributed by atoms with E-state index in [1.54, 1.807) is 0 Å². The Morgan fingerprint density at radius 3 is 2.28 bits per heavy atom. The highest BCUT2D eigenvalue weighted by Gasteiger charge is 2.31. The molecule has 2 unspecified atom stereocenters. The molecule has 1 saturated carbocycles. The Kier molecular flexibility index (Phi) is 6.73. The molecule has 2 aromatic rings. The minimum atomic E-state index is -0.941. The number of carbonyl (C=O) groups excluding carboxylic acids is 2. The summed E-state index contributed by atoms with van der Waals surface area (Å²) < 4.78 is 5.61. The Hall–Kier alpha value is -3.35. The van der Waals surface area contributed by atoms with Crippen LogP contribution in [0.1, 0.15) is 49.1 Å². The lowest BCUT2D eigenvalue weighted by Crippen LogP contribution is -2.43. The van der Waals surface area contributed by atoms with Crippen molar-refractivity contribution in [3.05, 3.63) is 59.7 Å². The molecule has 0 saturated heterocycles. The van der Waals surface area contributed by atoms with Crippen LogP contribution < -0.4 is 10.6 Å². The number of fused-ring (bicyclic) bond motifs is 3. The van der Waals surface area contributed by atoms with E-state index in [0.717, 1.165) is 30.4 Å². The van der Waals surface area contributed by atoms with E-state index in [4.69, 9.17) is 9.84 Å². The molecule has 4 rings (SSSR count). The first kappa shape index (κ1) is 21.9. The van der Waals surface area contributed by atoms with Crippen molar-refractivity contribution < 1.29 is 24.2 Å². The number of hydrogen-bond donors (Lipinski definition) is 3. The molecule has 0 heterocycles. The van der Waals surface area contributed by atoms with Crippen LogP contribution >= 0.6 is 0 Å². The summed E-state index contributed by atoms with van der Waals surface area (Å²) in [5.41, 5.74) is 4.69. The van der Waals surface area contributed by atoms with Gasteiger partial charge in [0.1, 0.15) is 6.61 Å². The minimum absolute atomic E-state index is 0.00673. The molecule has 7 heteroatoms. The smallest absolute Gasteiger partial charge is 0.407 e. The predicted octanol–water partition coefficient (Wildman–Crippen LogP) is 3.67. The quantitative estimate of drug-likeness (QED) is 0.614. The van der Waals surface area contributed by atoms with Crippen LogP contribution in [0.2, 0.25) is 0 Å². The average Bonchev–Trinajstić information content (AvgIpc) is 3.11. The summed E-state index contributed by atoms with van der Waals surface area (Å²) in [6, 6.07) is 16.3. The largest absolute Gasteiger partial charge is 0.481 e. The number of benzene rings is 2. The molecule has 0 radical (unpaired) electrons. The van der Waals surface area contributed by atoms with E-state index >= 15 is 0 Å². The number of aliphatic carboxylic acids is 1. The topological polar surface area (TPSA) is 105 Å². The van der Waals surface area contributed by atoms with Crippen molar-refractivity contribution >= 4 is 18.0 Å². The van der Waals surface area contributed by atoms with Gasteiger partial charge in [0.15, 0.2) is 0 Å². The number of carboxylic acid groups (broad SMARTS) is 1. The van der Waals surface area contributed by atoms with Gasteiger partial charge in [-0.05, 0) is 41.5 Å². The number of ether oxygens (including phenoxy) is 1. The van der Waals surface area contributed by atoms with Crippen molar-refractivity contribution in [1.29, 1.82) is 0 Å². The van der Waals surface area contributed by atoms with Gasteiger partial charge in [0.2, 0.25) is 5.91 Å². The molecule has 2 atom stereocenters. The molecule has 0 spiro atoms. The Bertz CT molecular complexity index is 960. The van der Waals surface area contributed by atoms with E-state index in [1.807, 2.05) is 24.3 Å². The zero-order valence-electron chi connectivity index (χ0n) is 17.9. The summed E-state index contributed by atoms with van der Waals surface area (Å²) in [5.74, 6) is -1.31. The maximum Gasteiger partial charge on any atom is 0.407 e. The number of carbonyl (C=O) groups is 3. The average molecular weight is 437 g/mol. The molecule has 0 aromatic heterocycles. The molecule has 1 fully saturated rings. The molecule has 0 bridgehead atoms. The third-order valence-corrected chi connectivity index (χ3v) is 6.35. The standard InChI is InChI=1S/C25H28N2O5/c28-23(29)12-13-26-24(30)16-6-5-7-17(14-16)27-25(31)32-15-22-20-10-3-1-8-18(20)19-9-2-4-11-21(19)22/h1-4,8-11,16-17,22H,5-7,12-15H2,(H,26,30)(H,27,31)(H,28,29). The van der Waals surface area contributed by atoms with E-state index < -0.39 is 12.1 Å². The van der Waals surface area contributed by atoms with Gasteiger partial charge in [-0.2, -0.15) is 0 Å². The van der Waals surface area contributed by atoms with Gasteiger partial charge >= 0.3 is 12.1 Å². The van der Waals surface area contributed by atoms with Gasteiger partial charge in [-0.3, -0.25) is 9.59 Å². The molecule has 7 nitrogen and oxygen atoms in total. The van der Waals surface area contributed by atoms with Gasteiger partial charge in [0, 0.05) is 24.4 Å². The number of nitrogens with one attached hydrogen (secondary N) is 2. The normalized spacial score (nSPS) is 19.5. The Labute approximate surface area is 187 Å². The van der Waals surface area contributed by atoms with E-state index in [1.165, 1.54) is 11.1 Å². The summed E-state index contributed by atoms with van der Waals surface area (Å²) in [6.07, 6.45) is 2.32. The molecule has 2 aliphatic carbocycles. The second-order valence-corrected chi connectivity index (χ2v) is 8.47. The van der Waals surface area contributed by atoms with Gasteiger partial charge < -0.3 is 20.5 Å².